The van der Waals surface area contributed by atoms with Gasteiger partial charge in [0.05, 0.1) is 17.4 Å². The number of nitrogens with one attached hydrogen (secondary N) is 1. The lowest BCUT2D eigenvalue weighted by molar-refractivity contribution is -0.124. The number of aromatic hydroxyl groups is 1. The van der Waals surface area contributed by atoms with Gasteiger partial charge in [0.15, 0.2) is 5.78 Å². The van der Waals surface area contributed by atoms with Crippen molar-refractivity contribution < 1.29 is 14.7 Å². The van der Waals surface area contributed by atoms with Crippen molar-refractivity contribution in [3.63, 3.8) is 0 Å². The van der Waals surface area contributed by atoms with Crippen LogP contribution < -0.4 is 15.1 Å². The molecule has 2 aromatic rings. The third kappa shape index (κ3) is 3.61. The first-order chi connectivity index (χ1) is 14.9. The Labute approximate surface area is 181 Å². The molecule has 158 valence electrons. The van der Waals surface area contributed by atoms with Crippen molar-refractivity contribution in [3.05, 3.63) is 65.0 Å². The number of nitrogens with zero attached hydrogens (tertiary/aromatic N) is 3. The standard InChI is InChI=1S/C24H24N4O3/c1-27-19-7-3-4-8-20(19)28(2)24(27)17(14-25)22(30)12-13-23(31)26-18-11-10-16-15(18)6-5-9-21(16)29/h3-9,18,29H,10-13H2,1-2H3,(H,26,31). The molecule has 1 aliphatic heterocycles. The van der Waals surface area contributed by atoms with Crippen molar-refractivity contribution in [2.24, 2.45) is 0 Å². The molecule has 0 saturated carbocycles. The van der Waals surface area contributed by atoms with E-state index in [1.54, 1.807) is 12.1 Å². The van der Waals surface area contributed by atoms with E-state index >= 15 is 0 Å². The Morgan fingerprint density at radius 2 is 1.77 bits per heavy atom. The Morgan fingerprint density at radius 1 is 1.10 bits per heavy atom. The fourth-order valence-electron chi connectivity index (χ4n) is 4.46. The number of Topliss-reactive ketones (excluding diaryl/α,β-unsaturated/α-hetero) is 1. The van der Waals surface area contributed by atoms with Gasteiger partial charge >= 0.3 is 0 Å². The van der Waals surface area contributed by atoms with Gasteiger partial charge in [-0.3, -0.25) is 9.59 Å². The molecule has 31 heavy (non-hydrogen) atoms. The average Bonchev–Trinajstić information content (AvgIpc) is 3.28. The summed E-state index contributed by atoms with van der Waals surface area (Å²) in [5.41, 5.74) is 3.67. The van der Waals surface area contributed by atoms with Gasteiger partial charge in [-0.1, -0.05) is 24.3 Å². The summed E-state index contributed by atoms with van der Waals surface area (Å²) in [4.78, 5) is 29.0. The van der Waals surface area contributed by atoms with Crippen LogP contribution in [0, 0.1) is 11.3 Å². The van der Waals surface area contributed by atoms with E-state index in [4.69, 9.17) is 0 Å². The highest BCUT2D eigenvalue weighted by atomic mass is 16.3. The quantitative estimate of drug-likeness (QED) is 0.574. The van der Waals surface area contributed by atoms with Crippen LogP contribution >= 0.6 is 0 Å². The zero-order valence-electron chi connectivity index (χ0n) is 17.6. The molecule has 7 nitrogen and oxygen atoms in total. The SMILES string of the molecule is CN1C(=C(C#N)C(=O)CCC(=O)NC2CCc3c(O)cccc32)N(C)c2ccccc21. The Kier molecular flexibility index (Phi) is 5.38. The molecule has 2 N–H and O–H groups in total. The summed E-state index contributed by atoms with van der Waals surface area (Å²) in [6, 6.07) is 14.9. The summed E-state index contributed by atoms with van der Waals surface area (Å²) in [5.74, 6) is 0.173. The normalized spacial score (nSPS) is 16.5. The van der Waals surface area contributed by atoms with Gasteiger partial charge in [0.2, 0.25) is 5.91 Å². The van der Waals surface area contributed by atoms with E-state index in [1.165, 1.54) is 0 Å². The van der Waals surface area contributed by atoms with Crippen LogP contribution in [0.5, 0.6) is 5.75 Å². The molecule has 0 aromatic heterocycles. The molecular formula is C24H24N4O3. The number of ketones is 1. The van der Waals surface area contributed by atoms with Crippen molar-refractivity contribution in [2.75, 3.05) is 23.9 Å². The van der Waals surface area contributed by atoms with Crippen LogP contribution in [0.4, 0.5) is 11.4 Å². The highest BCUT2D eigenvalue weighted by molar-refractivity contribution is 6.03. The first kappa shape index (κ1) is 20.5. The number of allylic oxidation sites excluding steroid dienone is 1. The van der Waals surface area contributed by atoms with Gasteiger partial charge in [-0.15, -0.1) is 0 Å². The molecular weight excluding hydrogens is 392 g/mol. The van der Waals surface area contributed by atoms with Crippen molar-refractivity contribution in [2.45, 2.75) is 31.7 Å². The number of anilines is 2. The van der Waals surface area contributed by atoms with E-state index in [-0.39, 0.29) is 41.9 Å². The van der Waals surface area contributed by atoms with Crippen molar-refractivity contribution >= 4 is 23.1 Å². The Hall–Kier alpha value is -3.79. The Morgan fingerprint density at radius 3 is 2.42 bits per heavy atom. The number of phenolic OH excluding ortho intramolecular Hbond substituents is 1. The van der Waals surface area contributed by atoms with Crippen LogP contribution in [-0.2, 0) is 16.0 Å². The lowest BCUT2D eigenvalue weighted by Crippen LogP contribution is -2.29. The second-order valence-electron chi connectivity index (χ2n) is 7.84. The van der Waals surface area contributed by atoms with Gasteiger partial charge in [0.25, 0.3) is 0 Å². The molecule has 0 spiro atoms. The summed E-state index contributed by atoms with van der Waals surface area (Å²) in [5, 5.41) is 22.6. The van der Waals surface area contributed by atoms with Crippen molar-refractivity contribution in [3.8, 4) is 11.8 Å². The number of hydrogen-bond donors (Lipinski definition) is 2. The second kappa shape index (κ2) is 8.15. The summed E-state index contributed by atoms with van der Waals surface area (Å²) >= 11 is 0. The first-order valence-electron chi connectivity index (χ1n) is 10.3. The van der Waals surface area contributed by atoms with Gasteiger partial charge < -0.3 is 20.2 Å². The molecule has 0 radical (unpaired) electrons. The number of phenols is 1. The number of fused-ring (bicyclic) bond motifs is 2. The fraction of sp³-hybridized carbons (Fsp3) is 0.292. The number of carbonyl (C=O) groups is 2. The van der Waals surface area contributed by atoms with E-state index in [0.29, 0.717) is 18.7 Å². The zero-order chi connectivity index (χ0) is 22.1. The lowest BCUT2D eigenvalue weighted by Gasteiger charge is -2.20. The average molecular weight is 416 g/mol. The molecule has 0 bridgehead atoms. The highest BCUT2D eigenvalue weighted by Crippen LogP contribution is 2.40. The Balaban J connectivity index is 1.43. The molecule has 1 heterocycles. The summed E-state index contributed by atoms with van der Waals surface area (Å²) in [6.45, 7) is 0. The fourth-order valence-corrected chi connectivity index (χ4v) is 4.46. The number of nitriles is 1. The minimum atomic E-state index is -0.358. The van der Waals surface area contributed by atoms with Gasteiger partial charge in [-0.25, -0.2) is 0 Å². The predicted molar refractivity (Wildman–Crippen MR) is 117 cm³/mol. The maximum Gasteiger partial charge on any atom is 0.220 e. The molecule has 1 unspecified atom stereocenters. The molecule has 0 fully saturated rings. The van der Waals surface area contributed by atoms with Gasteiger partial charge in [-0.05, 0) is 42.2 Å². The van der Waals surface area contributed by atoms with Crippen LogP contribution in [0.15, 0.2) is 53.9 Å². The van der Waals surface area contributed by atoms with E-state index in [2.05, 4.69) is 5.32 Å². The molecule has 1 atom stereocenters. The van der Waals surface area contributed by atoms with E-state index in [1.807, 2.05) is 60.3 Å². The van der Waals surface area contributed by atoms with Gasteiger partial charge in [-0.2, -0.15) is 5.26 Å². The Bertz CT molecular complexity index is 1100. The predicted octanol–water partition coefficient (Wildman–Crippen LogP) is 3.17. The van der Waals surface area contributed by atoms with Gasteiger partial charge in [0, 0.05) is 26.9 Å². The topological polar surface area (TPSA) is 96.7 Å². The number of carbonyl (C=O) groups excluding carboxylic acids is 2. The third-order valence-corrected chi connectivity index (χ3v) is 6.01. The first-order valence-corrected chi connectivity index (χ1v) is 10.3. The highest BCUT2D eigenvalue weighted by Gasteiger charge is 2.31. The minimum Gasteiger partial charge on any atom is -0.508 e. The number of rotatable bonds is 5. The van der Waals surface area contributed by atoms with Gasteiger partial charge in [0.1, 0.15) is 23.2 Å². The maximum atomic E-state index is 12.8. The van der Waals surface area contributed by atoms with Crippen LogP contribution in [0.1, 0.15) is 36.4 Å². The number of hydrogen-bond acceptors (Lipinski definition) is 6. The lowest BCUT2D eigenvalue weighted by atomic mass is 10.1. The monoisotopic (exact) mass is 416 g/mol. The van der Waals surface area contributed by atoms with Crippen LogP contribution in [0.2, 0.25) is 0 Å². The van der Waals surface area contributed by atoms with Crippen LogP contribution in [0.3, 0.4) is 0 Å². The molecule has 2 aliphatic rings. The smallest absolute Gasteiger partial charge is 0.220 e. The zero-order valence-corrected chi connectivity index (χ0v) is 17.6. The summed E-state index contributed by atoms with van der Waals surface area (Å²) in [7, 11) is 3.64. The molecule has 1 aliphatic carbocycles. The van der Waals surface area contributed by atoms with Crippen LogP contribution in [-0.4, -0.2) is 30.9 Å². The molecule has 0 saturated heterocycles. The van der Waals surface area contributed by atoms with Crippen molar-refractivity contribution in [1.82, 2.24) is 5.32 Å². The molecule has 7 heteroatoms. The second-order valence-corrected chi connectivity index (χ2v) is 7.84. The largest absolute Gasteiger partial charge is 0.508 e. The number of para-hydroxylation sites is 2. The molecule has 4 rings (SSSR count). The number of amides is 1. The third-order valence-electron chi connectivity index (χ3n) is 6.01. The molecule has 1 amide bonds. The van der Waals surface area contributed by atoms with Crippen molar-refractivity contribution in [1.29, 1.82) is 5.26 Å². The van der Waals surface area contributed by atoms with E-state index in [0.717, 1.165) is 22.5 Å². The van der Waals surface area contributed by atoms with E-state index in [9.17, 15) is 20.0 Å². The van der Waals surface area contributed by atoms with Crippen LogP contribution in [0.25, 0.3) is 0 Å². The maximum absolute atomic E-state index is 12.8. The van der Waals surface area contributed by atoms with E-state index < -0.39 is 0 Å². The minimum absolute atomic E-state index is 0.00230. The summed E-state index contributed by atoms with van der Waals surface area (Å²) < 4.78 is 0. The number of benzene rings is 2. The summed E-state index contributed by atoms with van der Waals surface area (Å²) in [6.07, 6.45) is 1.38. The molecule has 2 aromatic carbocycles.